The summed E-state index contributed by atoms with van der Waals surface area (Å²) in [6.45, 7) is 14.3. The molecule has 0 spiro atoms. The molecule has 4 aliphatic carbocycles. The van der Waals surface area contributed by atoms with Crippen LogP contribution in [0.4, 0.5) is 0 Å². The van der Waals surface area contributed by atoms with Gasteiger partial charge in [-0.3, -0.25) is 9.59 Å². The number of aliphatic hydroxyl groups excluding tert-OH is 1. The molecule has 394 valence electrons. The van der Waals surface area contributed by atoms with Gasteiger partial charge in [0, 0.05) is 61.0 Å². The van der Waals surface area contributed by atoms with Gasteiger partial charge in [0.25, 0.3) is 0 Å². The van der Waals surface area contributed by atoms with E-state index in [1.54, 1.807) is 42.3 Å². The van der Waals surface area contributed by atoms with Crippen LogP contribution in [-0.4, -0.2) is 177 Å². The maximum Gasteiger partial charge on any atom is 0.302 e. The van der Waals surface area contributed by atoms with Crippen molar-refractivity contribution >= 4 is 11.8 Å². The van der Waals surface area contributed by atoms with Crippen molar-refractivity contribution < 1.29 is 86.5 Å². The fraction of sp³-hybridized carbons (Fsp3) is 0.922. The first-order valence-electron chi connectivity index (χ1n) is 25.5. The quantitative estimate of drug-likeness (QED) is 0.162. The summed E-state index contributed by atoms with van der Waals surface area (Å²) in [6, 6.07) is 0. The van der Waals surface area contributed by atoms with Gasteiger partial charge in [-0.15, -0.1) is 0 Å². The molecule has 3 saturated carbocycles. The molecule has 0 amide bonds. The lowest BCUT2D eigenvalue weighted by Crippen LogP contribution is -2.71. The van der Waals surface area contributed by atoms with Crippen LogP contribution in [-0.2, 0) is 71.2 Å². The standard InChI is InChI=1S/C51H82O18/c1-25-44(54)35(57-9)21-41(61-25)67-46-27(3)63-43(23-37(46)59-11)69-47-28(4)64-42(24-38(47)60-12)68-45-26(2)62-40(22-36(45)58-10)66-32-15-16-48(7)31(19-32)13-14-33-34(48)20-39(65-30(6)53)49(8)50(55,29(5)52)17-18-51(33,49)56/h13,25-28,32-47,54-56H,14-24H2,1-12H3/t25-,26+,27+,28-,32-,33+,34-,35+,36-,37-,38+,39+,40-,41-,42-,43-,44-,45-,46-,47-,48-,49+,50+,51-/m0/s1. The molecule has 0 radical (unpaired) electrons. The number of hydrogen-bond acceptors (Lipinski definition) is 18. The zero-order chi connectivity index (χ0) is 50.0. The van der Waals surface area contributed by atoms with Crippen LogP contribution < -0.4 is 0 Å². The van der Waals surface area contributed by atoms with E-state index in [0.717, 1.165) is 12.8 Å². The third-order valence-corrected chi connectivity index (χ3v) is 18.3. The molecule has 7 fully saturated rings. The van der Waals surface area contributed by atoms with Crippen molar-refractivity contribution in [1.29, 1.82) is 0 Å². The summed E-state index contributed by atoms with van der Waals surface area (Å²) in [5, 5.41) is 35.0. The number of esters is 1. The molecular formula is C51H82O18. The van der Waals surface area contributed by atoms with Crippen LogP contribution in [0.15, 0.2) is 11.6 Å². The Balaban J connectivity index is 0.852. The molecule has 4 saturated heterocycles. The Kier molecular flexibility index (Phi) is 16.2. The fourth-order valence-electron chi connectivity index (χ4n) is 14.2. The van der Waals surface area contributed by atoms with Gasteiger partial charge in [0.1, 0.15) is 36.1 Å². The number of allylic oxidation sites excluding steroid dienone is 1. The van der Waals surface area contributed by atoms with Crippen LogP contribution >= 0.6 is 0 Å². The highest BCUT2D eigenvalue weighted by Crippen LogP contribution is 2.69. The Labute approximate surface area is 407 Å². The zero-order valence-electron chi connectivity index (χ0n) is 42.9. The van der Waals surface area contributed by atoms with Crippen LogP contribution in [0, 0.1) is 22.7 Å². The average molecular weight is 983 g/mol. The van der Waals surface area contributed by atoms with E-state index < -0.39 is 115 Å². The number of Topliss-reactive ketones (excluding diaryl/α,β-unsaturated/α-hetero) is 1. The molecule has 18 nitrogen and oxygen atoms in total. The molecule has 0 aromatic heterocycles. The van der Waals surface area contributed by atoms with E-state index in [1.165, 1.54) is 19.4 Å². The molecule has 4 aliphatic heterocycles. The molecule has 0 unspecified atom stereocenters. The summed E-state index contributed by atoms with van der Waals surface area (Å²) in [7, 11) is 6.53. The highest BCUT2D eigenvalue weighted by molar-refractivity contribution is 5.87. The van der Waals surface area contributed by atoms with Gasteiger partial charge in [0.2, 0.25) is 0 Å². The third kappa shape index (κ3) is 9.67. The van der Waals surface area contributed by atoms with Crippen molar-refractivity contribution in [1.82, 2.24) is 0 Å². The maximum absolute atomic E-state index is 13.0. The number of fused-ring (bicyclic) bond motifs is 5. The van der Waals surface area contributed by atoms with Gasteiger partial charge in [-0.05, 0) is 96.8 Å². The van der Waals surface area contributed by atoms with Crippen molar-refractivity contribution in [2.24, 2.45) is 22.7 Å². The number of methoxy groups -OCH3 is 4. The molecular weight excluding hydrogens is 901 g/mol. The largest absolute Gasteiger partial charge is 0.462 e. The summed E-state index contributed by atoms with van der Waals surface area (Å²) in [5.74, 6) is -1.15. The number of carbonyl (C=O) groups excluding carboxylic acids is 2. The van der Waals surface area contributed by atoms with Crippen molar-refractivity contribution in [3.8, 4) is 0 Å². The van der Waals surface area contributed by atoms with Crippen molar-refractivity contribution in [3.63, 3.8) is 0 Å². The molecule has 0 aromatic rings. The molecule has 0 aromatic carbocycles. The predicted molar refractivity (Wildman–Crippen MR) is 244 cm³/mol. The normalized spacial score (nSPS) is 51.1. The lowest BCUT2D eigenvalue weighted by atomic mass is 9.44. The molecule has 3 N–H and O–H groups in total. The van der Waals surface area contributed by atoms with Gasteiger partial charge < -0.3 is 76.9 Å². The number of ketones is 1. The first-order valence-corrected chi connectivity index (χ1v) is 25.5. The zero-order valence-corrected chi connectivity index (χ0v) is 42.9. The maximum atomic E-state index is 13.0. The number of ether oxygens (including phenoxy) is 13. The van der Waals surface area contributed by atoms with Gasteiger partial charge in [-0.2, -0.15) is 0 Å². The first kappa shape index (κ1) is 53.6. The van der Waals surface area contributed by atoms with Crippen LogP contribution in [0.2, 0.25) is 0 Å². The van der Waals surface area contributed by atoms with Crippen LogP contribution in [0.25, 0.3) is 0 Å². The van der Waals surface area contributed by atoms with Crippen LogP contribution in [0.3, 0.4) is 0 Å². The molecule has 0 bridgehead atoms. The second-order valence-electron chi connectivity index (χ2n) is 21.9. The molecule has 4 heterocycles. The topological polar surface area (TPSA) is 215 Å². The number of hydrogen-bond donors (Lipinski definition) is 3. The van der Waals surface area contributed by atoms with E-state index in [-0.39, 0.29) is 54.5 Å². The van der Waals surface area contributed by atoms with E-state index in [1.807, 2.05) is 20.8 Å². The van der Waals surface area contributed by atoms with Crippen LogP contribution in [0.1, 0.15) is 126 Å². The Hall–Kier alpha value is -1.72. The summed E-state index contributed by atoms with van der Waals surface area (Å²) in [4.78, 5) is 25.5. The SMILES string of the molecule is CO[C@H]1C[C@H](O[C@H]2CC[C@@]3(C)C(=CC[C@@H]4[C@@H]3C[C@@H](OC(C)=O)[C@]3(C)[C@](O)(C(C)=O)CC[C@]43O)C2)O[C@H](C)[C@@H]1O[C@H]1C[C@@H](OC)[C@@H](O[C@H]2C[C@H](OC)[C@@H](O[C@H]3C[C@@H](OC)[C@@H](O)[C@H](C)O3)[C@@H](C)O2)[C@H](C)O1. The van der Waals surface area contributed by atoms with Gasteiger partial charge >= 0.3 is 5.97 Å². The van der Waals surface area contributed by atoms with E-state index in [0.29, 0.717) is 44.9 Å². The fourth-order valence-corrected chi connectivity index (χ4v) is 14.2. The third-order valence-electron chi connectivity index (χ3n) is 18.3. The minimum absolute atomic E-state index is 0.0320. The van der Waals surface area contributed by atoms with Crippen LogP contribution in [0.5, 0.6) is 0 Å². The monoisotopic (exact) mass is 983 g/mol. The second-order valence-corrected chi connectivity index (χ2v) is 21.9. The molecule has 18 heteroatoms. The summed E-state index contributed by atoms with van der Waals surface area (Å²) in [5.41, 5.74) is -3.59. The summed E-state index contributed by atoms with van der Waals surface area (Å²) in [6.07, 6.45) is -1.14. The van der Waals surface area contributed by atoms with Crippen molar-refractivity contribution in [3.05, 3.63) is 11.6 Å². The first-order chi connectivity index (χ1) is 32.6. The summed E-state index contributed by atoms with van der Waals surface area (Å²) >= 11 is 0. The Morgan fingerprint density at radius 3 is 1.55 bits per heavy atom. The van der Waals surface area contributed by atoms with Gasteiger partial charge in [0.15, 0.2) is 30.9 Å². The molecule has 8 aliphatic rings. The van der Waals surface area contributed by atoms with E-state index in [9.17, 15) is 24.9 Å². The highest BCUT2D eigenvalue weighted by atomic mass is 16.8. The van der Waals surface area contributed by atoms with Gasteiger partial charge in [-0.25, -0.2) is 0 Å². The molecule has 69 heavy (non-hydrogen) atoms. The Bertz CT molecular complexity index is 1840. The van der Waals surface area contributed by atoms with E-state index >= 15 is 0 Å². The van der Waals surface area contributed by atoms with Gasteiger partial charge in [-0.1, -0.05) is 25.5 Å². The number of carbonyl (C=O) groups is 2. The number of aliphatic hydroxyl groups is 3. The Morgan fingerprint density at radius 2 is 1.09 bits per heavy atom. The van der Waals surface area contributed by atoms with E-state index in [2.05, 4.69) is 13.0 Å². The average Bonchev–Trinajstić information content (AvgIpc) is 3.53. The van der Waals surface area contributed by atoms with Crippen molar-refractivity contribution in [2.75, 3.05) is 28.4 Å². The van der Waals surface area contributed by atoms with E-state index in [4.69, 9.17) is 61.6 Å². The Morgan fingerprint density at radius 1 is 0.623 bits per heavy atom. The minimum Gasteiger partial charge on any atom is -0.462 e. The van der Waals surface area contributed by atoms with Crippen molar-refractivity contribution in [2.45, 2.75) is 248 Å². The molecule has 8 rings (SSSR count). The lowest BCUT2D eigenvalue weighted by Gasteiger charge is -2.63. The second kappa shape index (κ2) is 20.9. The predicted octanol–water partition coefficient (Wildman–Crippen LogP) is 4.43. The smallest absolute Gasteiger partial charge is 0.302 e. The highest BCUT2D eigenvalue weighted by Gasteiger charge is 2.76. The minimum atomic E-state index is -1.80. The lowest BCUT2D eigenvalue weighted by molar-refractivity contribution is -0.347. The summed E-state index contributed by atoms with van der Waals surface area (Å²) < 4.78 is 81.2. The van der Waals surface area contributed by atoms with Gasteiger partial charge in [0.05, 0.1) is 66.0 Å². The number of rotatable bonds is 14. The molecule has 24 atom stereocenters.